The van der Waals surface area contributed by atoms with E-state index in [1.807, 2.05) is 27.7 Å². The Balaban J connectivity index is 0.000000659. The molecule has 0 aromatic rings. The van der Waals surface area contributed by atoms with Crippen molar-refractivity contribution in [1.82, 2.24) is 4.90 Å². The molecule has 2 rings (SSSR count). The smallest absolute Gasteiger partial charge is 0.223 e. The molecule has 0 aromatic carbocycles. The highest BCUT2D eigenvalue weighted by Crippen LogP contribution is 2.53. The number of carbonyl (C=O) groups excluding carboxylic acids is 1. The minimum atomic E-state index is 0.379. The van der Waals surface area contributed by atoms with E-state index in [4.69, 9.17) is 0 Å². The molecule has 2 aliphatic rings. The number of likely N-dealkylation sites (tertiary alicyclic amines) is 1. The van der Waals surface area contributed by atoms with Crippen molar-refractivity contribution in [2.45, 2.75) is 80.3 Å². The van der Waals surface area contributed by atoms with Crippen molar-refractivity contribution < 1.29 is 4.79 Å². The Hall–Kier alpha value is -0.530. The van der Waals surface area contributed by atoms with Gasteiger partial charge in [0.15, 0.2) is 0 Å². The van der Waals surface area contributed by atoms with E-state index in [9.17, 15) is 4.79 Å². The lowest BCUT2D eigenvalue weighted by molar-refractivity contribution is -0.133. The van der Waals surface area contributed by atoms with E-state index >= 15 is 0 Å². The zero-order valence-corrected chi connectivity index (χ0v) is 13.7. The van der Waals surface area contributed by atoms with Crippen LogP contribution < -0.4 is 0 Å². The minimum Gasteiger partial charge on any atom is -0.336 e. The second kappa shape index (κ2) is 7.81. The van der Waals surface area contributed by atoms with Crippen molar-refractivity contribution in [2.75, 3.05) is 0 Å². The van der Waals surface area contributed by atoms with Crippen molar-refractivity contribution in [2.24, 2.45) is 17.8 Å². The number of hydrogen-bond acceptors (Lipinski definition) is 1. The molecule has 4 atom stereocenters. The van der Waals surface area contributed by atoms with Gasteiger partial charge in [-0.2, -0.15) is 0 Å². The molecule has 18 heavy (non-hydrogen) atoms. The van der Waals surface area contributed by atoms with Crippen LogP contribution in [0.3, 0.4) is 0 Å². The molecule has 1 saturated heterocycles. The topological polar surface area (TPSA) is 20.3 Å². The first-order chi connectivity index (χ1) is 8.52. The molecule has 108 valence electrons. The maximum Gasteiger partial charge on any atom is 0.223 e. The second-order valence-corrected chi connectivity index (χ2v) is 5.50. The van der Waals surface area contributed by atoms with Gasteiger partial charge < -0.3 is 4.90 Å². The summed E-state index contributed by atoms with van der Waals surface area (Å²) < 4.78 is 0. The molecule has 0 spiro atoms. The number of rotatable bonds is 2. The quantitative estimate of drug-likeness (QED) is 0.719. The molecule has 1 amide bonds. The van der Waals surface area contributed by atoms with Crippen molar-refractivity contribution in [3.05, 3.63) is 0 Å². The molecular formula is C16H33NO. The third kappa shape index (κ3) is 3.73. The van der Waals surface area contributed by atoms with Gasteiger partial charge in [-0.05, 0) is 31.1 Å². The van der Waals surface area contributed by atoms with Gasteiger partial charge in [0.2, 0.25) is 5.91 Å². The van der Waals surface area contributed by atoms with Crippen molar-refractivity contribution >= 4 is 5.91 Å². The SMILES string of the molecule is CC.CC.CC(C)CC(=O)N1C(C)CC2C(C)C21. The van der Waals surface area contributed by atoms with Gasteiger partial charge in [0, 0.05) is 18.5 Å². The summed E-state index contributed by atoms with van der Waals surface area (Å²) in [6.07, 6.45) is 1.95. The summed E-state index contributed by atoms with van der Waals surface area (Å²) in [5, 5.41) is 0. The number of nitrogens with zero attached hydrogens (tertiary/aromatic N) is 1. The van der Waals surface area contributed by atoms with Crippen LogP contribution in [-0.4, -0.2) is 22.9 Å². The van der Waals surface area contributed by atoms with E-state index < -0.39 is 0 Å². The average Bonchev–Trinajstić information content (AvgIpc) is 2.80. The largest absolute Gasteiger partial charge is 0.336 e. The Bertz CT molecular complexity index is 249. The van der Waals surface area contributed by atoms with Crippen LogP contribution in [-0.2, 0) is 4.79 Å². The van der Waals surface area contributed by atoms with E-state index in [-0.39, 0.29) is 0 Å². The fourth-order valence-electron chi connectivity index (χ4n) is 3.00. The molecule has 2 heteroatoms. The average molecular weight is 255 g/mol. The predicted molar refractivity (Wildman–Crippen MR) is 79.5 cm³/mol. The Morgan fingerprint density at radius 3 is 2.06 bits per heavy atom. The zero-order chi connectivity index (χ0) is 14.5. The van der Waals surface area contributed by atoms with Crippen molar-refractivity contribution in [3.63, 3.8) is 0 Å². The highest BCUT2D eigenvalue weighted by atomic mass is 16.2. The van der Waals surface area contributed by atoms with E-state index in [0.717, 1.165) is 18.3 Å². The van der Waals surface area contributed by atoms with E-state index in [0.29, 0.717) is 23.9 Å². The molecule has 1 saturated carbocycles. The minimum absolute atomic E-state index is 0.379. The van der Waals surface area contributed by atoms with E-state index in [1.165, 1.54) is 6.42 Å². The molecule has 2 nitrogen and oxygen atoms in total. The van der Waals surface area contributed by atoms with Crippen LogP contribution >= 0.6 is 0 Å². The van der Waals surface area contributed by atoms with Crippen LogP contribution in [0.1, 0.15) is 68.2 Å². The van der Waals surface area contributed by atoms with Gasteiger partial charge in [0.1, 0.15) is 0 Å². The molecule has 0 bridgehead atoms. The normalized spacial score (nSPS) is 31.9. The lowest BCUT2D eigenvalue weighted by Crippen LogP contribution is -2.38. The number of hydrogen-bond donors (Lipinski definition) is 0. The Morgan fingerprint density at radius 2 is 1.67 bits per heavy atom. The monoisotopic (exact) mass is 255 g/mol. The van der Waals surface area contributed by atoms with Crippen LogP contribution in [0, 0.1) is 17.8 Å². The van der Waals surface area contributed by atoms with Gasteiger partial charge in [0.05, 0.1) is 0 Å². The van der Waals surface area contributed by atoms with Gasteiger partial charge in [-0.3, -0.25) is 4.79 Å². The summed E-state index contributed by atoms with van der Waals surface area (Å²) in [6, 6.07) is 1.09. The van der Waals surface area contributed by atoms with Crippen LogP contribution in [0.15, 0.2) is 0 Å². The van der Waals surface area contributed by atoms with Crippen LogP contribution in [0.5, 0.6) is 0 Å². The van der Waals surface area contributed by atoms with Crippen molar-refractivity contribution in [3.8, 4) is 0 Å². The molecule has 1 heterocycles. The highest BCUT2D eigenvalue weighted by molar-refractivity contribution is 5.78. The van der Waals surface area contributed by atoms with Gasteiger partial charge >= 0.3 is 0 Å². The Morgan fingerprint density at radius 1 is 1.17 bits per heavy atom. The van der Waals surface area contributed by atoms with Crippen molar-refractivity contribution in [1.29, 1.82) is 0 Å². The van der Waals surface area contributed by atoms with Crippen LogP contribution in [0.2, 0.25) is 0 Å². The first-order valence-electron chi connectivity index (χ1n) is 7.83. The summed E-state index contributed by atoms with van der Waals surface area (Å²) >= 11 is 0. The number of fused-ring (bicyclic) bond motifs is 1. The summed E-state index contributed by atoms with van der Waals surface area (Å²) in [7, 11) is 0. The fourth-order valence-corrected chi connectivity index (χ4v) is 3.00. The zero-order valence-electron chi connectivity index (χ0n) is 13.7. The summed E-state index contributed by atoms with van der Waals surface area (Å²) in [5.41, 5.74) is 0. The van der Waals surface area contributed by atoms with Gasteiger partial charge in [-0.15, -0.1) is 0 Å². The molecule has 2 fully saturated rings. The van der Waals surface area contributed by atoms with Gasteiger partial charge in [0.25, 0.3) is 0 Å². The van der Waals surface area contributed by atoms with E-state index in [1.54, 1.807) is 0 Å². The Labute approximate surface area is 114 Å². The molecule has 1 aliphatic heterocycles. The summed E-state index contributed by atoms with van der Waals surface area (Å²) in [4.78, 5) is 14.1. The lowest BCUT2D eigenvalue weighted by atomic mass is 10.1. The highest BCUT2D eigenvalue weighted by Gasteiger charge is 2.58. The molecule has 0 aromatic heterocycles. The third-order valence-corrected chi connectivity index (χ3v) is 3.79. The first kappa shape index (κ1) is 17.5. The second-order valence-electron chi connectivity index (χ2n) is 5.50. The summed E-state index contributed by atoms with van der Waals surface area (Å²) in [5.74, 6) is 2.45. The number of amides is 1. The van der Waals surface area contributed by atoms with Gasteiger partial charge in [-0.1, -0.05) is 48.5 Å². The number of carbonyl (C=O) groups is 1. The van der Waals surface area contributed by atoms with Gasteiger partial charge in [-0.25, -0.2) is 0 Å². The molecule has 0 radical (unpaired) electrons. The maximum absolute atomic E-state index is 12.0. The van der Waals surface area contributed by atoms with E-state index in [2.05, 4.69) is 32.6 Å². The van der Waals surface area contributed by atoms with Crippen LogP contribution in [0.25, 0.3) is 0 Å². The molecule has 4 unspecified atom stereocenters. The fraction of sp³-hybridized carbons (Fsp3) is 0.938. The lowest BCUT2D eigenvalue weighted by Gasteiger charge is -2.26. The summed E-state index contributed by atoms with van der Waals surface area (Å²) in [6.45, 7) is 16.7. The number of piperidine rings is 1. The molecular weight excluding hydrogens is 222 g/mol. The molecule has 0 N–H and O–H groups in total. The molecule has 1 aliphatic carbocycles. The maximum atomic E-state index is 12.0. The first-order valence-corrected chi connectivity index (χ1v) is 7.83. The standard InChI is InChI=1S/C12H21NO.2C2H6/c1-7(2)5-11(14)13-8(3)6-10-9(4)12(10)13;2*1-2/h7-10,12H,5-6H2,1-4H3;2*1-2H3. The third-order valence-electron chi connectivity index (χ3n) is 3.79. The predicted octanol–water partition coefficient (Wildman–Crippen LogP) is 4.34. The Kier molecular flexibility index (Phi) is 7.58. The van der Waals surface area contributed by atoms with Crippen LogP contribution in [0.4, 0.5) is 0 Å².